The molecule has 1 aliphatic carbocycles. The third-order valence-corrected chi connectivity index (χ3v) is 3.30. The van der Waals surface area contributed by atoms with Gasteiger partial charge in [0.05, 0.1) is 14.2 Å². The van der Waals surface area contributed by atoms with E-state index in [4.69, 9.17) is 0 Å². The summed E-state index contributed by atoms with van der Waals surface area (Å²) in [4.78, 5) is 34.1. The van der Waals surface area contributed by atoms with E-state index in [9.17, 15) is 14.4 Å². The molecule has 1 atom stereocenters. The van der Waals surface area contributed by atoms with Crippen LogP contribution in [0.2, 0.25) is 0 Å². The van der Waals surface area contributed by atoms with E-state index < -0.39 is 17.4 Å². The first kappa shape index (κ1) is 12.7. The Hall–Kier alpha value is -1.39. The molecule has 1 rings (SSSR count). The molecule has 90 valence electrons. The van der Waals surface area contributed by atoms with Gasteiger partial charge in [0.15, 0.2) is 5.41 Å². The molecule has 0 aromatic carbocycles. The number of carbonyl (C=O) groups is 3. The zero-order valence-corrected chi connectivity index (χ0v) is 9.52. The Morgan fingerprint density at radius 2 is 1.88 bits per heavy atom. The number of hydrogen-bond donors (Lipinski definition) is 0. The average molecular weight is 228 g/mol. The maximum absolute atomic E-state index is 11.8. The minimum Gasteiger partial charge on any atom is -0.468 e. The molecule has 1 aliphatic rings. The second-order valence-corrected chi connectivity index (χ2v) is 3.95. The number of carbonyl (C=O) groups excluding carboxylic acids is 3. The molecule has 0 saturated heterocycles. The molecule has 0 radical (unpaired) electrons. The van der Waals surface area contributed by atoms with Gasteiger partial charge in [-0.05, 0) is 18.8 Å². The fourth-order valence-corrected chi connectivity index (χ4v) is 2.50. The van der Waals surface area contributed by atoms with Crippen molar-refractivity contribution in [1.29, 1.82) is 0 Å². The molecular formula is C11H16O5. The highest BCUT2D eigenvalue weighted by Gasteiger charge is 2.56. The van der Waals surface area contributed by atoms with Crippen LogP contribution in [0.4, 0.5) is 0 Å². The zero-order chi connectivity index (χ0) is 12.2. The van der Waals surface area contributed by atoms with Gasteiger partial charge in [-0.2, -0.15) is 0 Å². The van der Waals surface area contributed by atoms with Gasteiger partial charge in [-0.3, -0.25) is 9.59 Å². The van der Waals surface area contributed by atoms with Crippen LogP contribution in [0.5, 0.6) is 0 Å². The van der Waals surface area contributed by atoms with Gasteiger partial charge < -0.3 is 14.3 Å². The highest BCUT2D eigenvalue weighted by molar-refractivity contribution is 6.01. The SMILES string of the molecule is COC(=O)C1(C(=O)OC)CCCC1CC=O. The molecule has 1 unspecified atom stereocenters. The summed E-state index contributed by atoms with van der Waals surface area (Å²) in [5, 5.41) is 0. The largest absolute Gasteiger partial charge is 0.468 e. The Morgan fingerprint density at radius 1 is 1.31 bits per heavy atom. The van der Waals surface area contributed by atoms with Crippen LogP contribution in [0.15, 0.2) is 0 Å². The van der Waals surface area contributed by atoms with E-state index in [1.165, 1.54) is 14.2 Å². The van der Waals surface area contributed by atoms with Crippen LogP contribution >= 0.6 is 0 Å². The highest BCUT2D eigenvalue weighted by atomic mass is 16.5. The van der Waals surface area contributed by atoms with Gasteiger partial charge >= 0.3 is 11.9 Å². The van der Waals surface area contributed by atoms with Crippen LogP contribution in [-0.4, -0.2) is 32.4 Å². The topological polar surface area (TPSA) is 69.7 Å². The quantitative estimate of drug-likeness (QED) is 0.402. The fraction of sp³-hybridized carbons (Fsp3) is 0.727. The number of esters is 2. The van der Waals surface area contributed by atoms with Gasteiger partial charge in [0, 0.05) is 6.42 Å². The number of methoxy groups -OCH3 is 2. The average Bonchev–Trinajstić information content (AvgIpc) is 2.72. The van der Waals surface area contributed by atoms with Crippen molar-refractivity contribution in [3.8, 4) is 0 Å². The normalized spacial score (nSPS) is 22.5. The van der Waals surface area contributed by atoms with Crippen LogP contribution in [-0.2, 0) is 23.9 Å². The molecule has 0 heterocycles. The summed E-state index contributed by atoms with van der Waals surface area (Å²) in [6.45, 7) is 0. The molecule has 0 amide bonds. The first-order valence-corrected chi connectivity index (χ1v) is 5.24. The summed E-state index contributed by atoms with van der Waals surface area (Å²) in [7, 11) is 2.48. The van der Waals surface area contributed by atoms with Crippen molar-refractivity contribution in [1.82, 2.24) is 0 Å². The van der Waals surface area contributed by atoms with Gasteiger partial charge in [-0.25, -0.2) is 0 Å². The van der Waals surface area contributed by atoms with Crippen LogP contribution in [0.25, 0.3) is 0 Å². The Labute approximate surface area is 94.1 Å². The van der Waals surface area contributed by atoms with Gasteiger partial charge in [0.2, 0.25) is 0 Å². The Bertz CT molecular complexity index is 281. The summed E-state index contributed by atoms with van der Waals surface area (Å²) in [6.07, 6.45) is 2.71. The lowest BCUT2D eigenvalue weighted by atomic mass is 9.76. The van der Waals surface area contributed by atoms with Gasteiger partial charge in [-0.1, -0.05) is 6.42 Å². The summed E-state index contributed by atoms with van der Waals surface area (Å²) < 4.78 is 9.36. The van der Waals surface area contributed by atoms with E-state index in [0.29, 0.717) is 12.8 Å². The minimum atomic E-state index is -1.27. The number of rotatable bonds is 4. The molecule has 0 aliphatic heterocycles. The van der Waals surface area contributed by atoms with E-state index >= 15 is 0 Å². The van der Waals surface area contributed by atoms with Crippen LogP contribution in [0.3, 0.4) is 0 Å². The Morgan fingerprint density at radius 3 is 2.31 bits per heavy atom. The van der Waals surface area contributed by atoms with E-state index in [2.05, 4.69) is 9.47 Å². The number of aldehydes is 1. The minimum absolute atomic E-state index is 0.185. The van der Waals surface area contributed by atoms with Crippen molar-refractivity contribution in [3.63, 3.8) is 0 Å². The summed E-state index contributed by atoms with van der Waals surface area (Å²) in [6, 6.07) is 0. The van der Waals surface area contributed by atoms with Crippen molar-refractivity contribution < 1.29 is 23.9 Å². The first-order valence-electron chi connectivity index (χ1n) is 5.24. The van der Waals surface area contributed by atoms with Gasteiger partial charge in [-0.15, -0.1) is 0 Å². The van der Waals surface area contributed by atoms with Crippen molar-refractivity contribution in [2.24, 2.45) is 11.3 Å². The lowest BCUT2D eigenvalue weighted by Gasteiger charge is -2.28. The van der Waals surface area contributed by atoms with Gasteiger partial charge in [0.25, 0.3) is 0 Å². The lowest BCUT2D eigenvalue weighted by Crippen LogP contribution is -2.44. The van der Waals surface area contributed by atoms with Crippen LogP contribution < -0.4 is 0 Å². The lowest BCUT2D eigenvalue weighted by molar-refractivity contribution is -0.172. The van der Waals surface area contributed by atoms with Crippen molar-refractivity contribution >= 4 is 18.2 Å². The summed E-state index contributed by atoms with van der Waals surface area (Å²) in [5.74, 6) is -1.49. The van der Waals surface area contributed by atoms with Crippen molar-refractivity contribution in [2.75, 3.05) is 14.2 Å². The second-order valence-electron chi connectivity index (χ2n) is 3.95. The summed E-state index contributed by atoms with van der Waals surface area (Å²) >= 11 is 0. The predicted octanol–water partition coefficient (Wildman–Crippen LogP) is 0.708. The molecular weight excluding hydrogens is 212 g/mol. The maximum atomic E-state index is 11.8. The second kappa shape index (κ2) is 5.09. The third kappa shape index (κ3) is 1.81. The van der Waals surface area contributed by atoms with Crippen molar-refractivity contribution in [3.05, 3.63) is 0 Å². The standard InChI is InChI=1S/C11H16O5/c1-15-9(13)11(10(14)16-2)6-3-4-8(11)5-7-12/h7-8H,3-6H2,1-2H3. The monoisotopic (exact) mass is 228 g/mol. The molecule has 0 bridgehead atoms. The maximum Gasteiger partial charge on any atom is 0.323 e. The van der Waals surface area contributed by atoms with Crippen molar-refractivity contribution in [2.45, 2.75) is 25.7 Å². The molecule has 0 spiro atoms. The highest BCUT2D eigenvalue weighted by Crippen LogP contribution is 2.46. The molecule has 5 heteroatoms. The van der Waals surface area contributed by atoms with E-state index in [-0.39, 0.29) is 12.3 Å². The number of ether oxygens (including phenoxy) is 2. The smallest absolute Gasteiger partial charge is 0.323 e. The molecule has 1 fully saturated rings. The van der Waals surface area contributed by atoms with E-state index in [0.717, 1.165) is 12.7 Å². The molecule has 1 saturated carbocycles. The Kier molecular flexibility index (Phi) is 4.04. The molecule has 0 aromatic rings. The van der Waals surface area contributed by atoms with Gasteiger partial charge in [0.1, 0.15) is 6.29 Å². The third-order valence-electron chi connectivity index (χ3n) is 3.30. The van der Waals surface area contributed by atoms with E-state index in [1.807, 2.05) is 0 Å². The molecule has 0 N–H and O–H groups in total. The fourth-order valence-electron chi connectivity index (χ4n) is 2.50. The van der Waals surface area contributed by atoms with Crippen LogP contribution in [0, 0.1) is 11.3 Å². The van der Waals surface area contributed by atoms with Crippen LogP contribution in [0.1, 0.15) is 25.7 Å². The molecule has 0 aromatic heterocycles. The number of hydrogen-bond acceptors (Lipinski definition) is 5. The predicted molar refractivity (Wildman–Crippen MR) is 54.5 cm³/mol. The van der Waals surface area contributed by atoms with E-state index in [1.54, 1.807) is 0 Å². The Balaban J connectivity index is 3.06. The zero-order valence-electron chi connectivity index (χ0n) is 9.52. The first-order chi connectivity index (χ1) is 7.63. The molecule has 16 heavy (non-hydrogen) atoms. The summed E-state index contributed by atoms with van der Waals surface area (Å²) in [5.41, 5.74) is -1.27. The molecule has 5 nitrogen and oxygen atoms in total.